The van der Waals surface area contributed by atoms with Gasteiger partial charge in [0.1, 0.15) is 6.10 Å². The second kappa shape index (κ2) is 7.76. The highest BCUT2D eigenvalue weighted by molar-refractivity contribution is 6.39. The molecule has 0 radical (unpaired) electrons. The van der Waals surface area contributed by atoms with Gasteiger partial charge < -0.3 is 15.2 Å². The van der Waals surface area contributed by atoms with Gasteiger partial charge in [0, 0.05) is 6.92 Å². The van der Waals surface area contributed by atoms with Crippen molar-refractivity contribution in [2.24, 2.45) is 0 Å². The molecule has 132 valence electrons. The summed E-state index contributed by atoms with van der Waals surface area (Å²) in [5.74, 6) is -1.83. The number of para-hydroxylation sites is 1. The number of benzene rings is 2. The number of rotatable bonds is 6. The Hall–Kier alpha value is -2.24. The molecule has 0 saturated carbocycles. The maximum Gasteiger partial charge on any atom is 0.338 e. The van der Waals surface area contributed by atoms with Crippen molar-refractivity contribution < 1.29 is 19.4 Å². The lowest BCUT2D eigenvalue weighted by atomic mass is 9.84. The van der Waals surface area contributed by atoms with E-state index in [1.54, 1.807) is 48.5 Å². The topological polar surface area (TPSA) is 75.6 Å². The molecular weight excluding hydrogens is 365 g/mol. The van der Waals surface area contributed by atoms with E-state index in [2.05, 4.69) is 5.32 Å². The summed E-state index contributed by atoms with van der Waals surface area (Å²) in [5, 5.41) is 13.5. The van der Waals surface area contributed by atoms with Crippen LogP contribution in [-0.2, 0) is 19.9 Å². The molecule has 0 bridgehead atoms. The minimum absolute atomic E-state index is 0.246. The zero-order valence-corrected chi connectivity index (χ0v) is 15.1. The van der Waals surface area contributed by atoms with Crippen LogP contribution < -0.4 is 5.32 Å². The van der Waals surface area contributed by atoms with Crippen LogP contribution in [0.15, 0.2) is 48.5 Å². The third kappa shape index (κ3) is 3.89. The summed E-state index contributed by atoms with van der Waals surface area (Å²) in [5.41, 5.74) is -1.13. The molecule has 2 aromatic rings. The van der Waals surface area contributed by atoms with Crippen molar-refractivity contribution in [1.82, 2.24) is 0 Å². The third-order valence-electron chi connectivity index (χ3n) is 3.80. The van der Waals surface area contributed by atoms with Gasteiger partial charge in [-0.3, -0.25) is 4.79 Å². The highest BCUT2D eigenvalue weighted by Gasteiger charge is 2.48. The minimum atomic E-state index is -1.78. The van der Waals surface area contributed by atoms with Gasteiger partial charge in [0.2, 0.25) is 0 Å². The van der Waals surface area contributed by atoms with Gasteiger partial charge in [0.05, 0.1) is 15.7 Å². The van der Waals surface area contributed by atoms with Crippen molar-refractivity contribution in [3.05, 3.63) is 64.1 Å². The Kier molecular flexibility index (Phi) is 5.93. The average molecular weight is 382 g/mol. The highest BCUT2D eigenvalue weighted by Crippen LogP contribution is 2.38. The molecule has 0 amide bonds. The van der Waals surface area contributed by atoms with E-state index in [-0.39, 0.29) is 15.7 Å². The molecule has 2 rings (SSSR count). The Balaban J connectivity index is 2.66. The number of aliphatic carboxylic acids is 1. The van der Waals surface area contributed by atoms with Gasteiger partial charge in [0.25, 0.3) is 0 Å². The van der Waals surface area contributed by atoms with Crippen LogP contribution in [0.3, 0.4) is 0 Å². The van der Waals surface area contributed by atoms with Crippen LogP contribution in [0.4, 0.5) is 5.69 Å². The summed E-state index contributed by atoms with van der Waals surface area (Å²) in [7, 11) is 0. The number of carboxylic acids is 1. The molecule has 0 fully saturated rings. The average Bonchev–Trinajstić information content (AvgIpc) is 2.54. The second-order valence-corrected chi connectivity index (χ2v) is 6.27. The molecule has 2 aromatic carbocycles. The predicted molar refractivity (Wildman–Crippen MR) is 97.1 cm³/mol. The lowest BCUT2D eigenvalue weighted by Crippen LogP contribution is -2.53. The summed E-state index contributed by atoms with van der Waals surface area (Å²) < 4.78 is 5.21. The van der Waals surface area contributed by atoms with Gasteiger partial charge in [-0.15, -0.1) is 0 Å². The lowest BCUT2D eigenvalue weighted by Gasteiger charge is -2.37. The van der Waals surface area contributed by atoms with Crippen LogP contribution in [0.25, 0.3) is 0 Å². The van der Waals surface area contributed by atoms with E-state index in [1.165, 1.54) is 13.8 Å². The maximum atomic E-state index is 12.3. The van der Waals surface area contributed by atoms with E-state index in [9.17, 15) is 14.7 Å². The molecule has 25 heavy (non-hydrogen) atoms. The number of hydrogen-bond donors (Lipinski definition) is 2. The fourth-order valence-electron chi connectivity index (χ4n) is 2.61. The zero-order valence-electron chi connectivity index (χ0n) is 13.6. The number of carbonyl (C=O) groups is 2. The quantitative estimate of drug-likeness (QED) is 0.727. The molecule has 2 atom stereocenters. The largest absolute Gasteiger partial charge is 0.479 e. The van der Waals surface area contributed by atoms with Gasteiger partial charge in [-0.1, -0.05) is 59.6 Å². The minimum Gasteiger partial charge on any atom is -0.479 e. The van der Waals surface area contributed by atoms with E-state index in [0.717, 1.165) is 0 Å². The van der Waals surface area contributed by atoms with E-state index >= 15 is 0 Å². The van der Waals surface area contributed by atoms with E-state index in [4.69, 9.17) is 27.9 Å². The van der Waals surface area contributed by atoms with Crippen LogP contribution in [0, 0.1) is 0 Å². The van der Waals surface area contributed by atoms with Crippen LogP contribution in [0.2, 0.25) is 10.0 Å². The molecule has 0 heterocycles. The summed E-state index contributed by atoms with van der Waals surface area (Å²) in [6.45, 7) is 2.72. The first kappa shape index (κ1) is 19.1. The molecular formula is C18H17Cl2NO4. The normalized spacial score (nSPS) is 14.2. The van der Waals surface area contributed by atoms with Crippen LogP contribution in [-0.4, -0.2) is 23.1 Å². The van der Waals surface area contributed by atoms with Gasteiger partial charge in [0.15, 0.2) is 5.54 Å². The molecule has 0 aliphatic carbocycles. The molecule has 0 spiro atoms. The van der Waals surface area contributed by atoms with Crippen molar-refractivity contribution in [3.8, 4) is 0 Å². The molecule has 0 aliphatic rings. The fourth-order valence-corrected chi connectivity index (χ4v) is 3.10. The number of anilines is 1. The first-order valence-electron chi connectivity index (χ1n) is 7.47. The third-order valence-corrected chi connectivity index (χ3v) is 4.43. The Labute approximate surface area is 155 Å². The summed E-state index contributed by atoms with van der Waals surface area (Å²) in [6.07, 6.45) is -1.04. The van der Waals surface area contributed by atoms with E-state index in [1.807, 2.05) is 0 Å². The highest BCUT2D eigenvalue weighted by atomic mass is 35.5. The van der Waals surface area contributed by atoms with Crippen molar-refractivity contribution in [1.29, 1.82) is 0 Å². The Bertz CT molecular complexity index is 762. The van der Waals surface area contributed by atoms with Crippen molar-refractivity contribution in [2.75, 3.05) is 5.32 Å². The number of nitrogens with one attached hydrogen (secondary N) is 1. The van der Waals surface area contributed by atoms with Crippen LogP contribution in [0.5, 0.6) is 0 Å². The number of halogens is 2. The maximum absolute atomic E-state index is 12.3. The molecule has 5 nitrogen and oxygen atoms in total. The lowest BCUT2D eigenvalue weighted by molar-refractivity contribution is -0.157. The summed E-state index contributed by atoms with van der Waals surface area (Å²) in [4.78, 5) is 23.8. The predicted octanol–water partition coefficient (Wildman–Crippen LogP) is 4.34. The molecule has 2 N–H and O–H groups in total. The van der Waals surface area contributed by atoms with E-state index in [0.29, 0.717) is 5.56 Å². The van der Waals surface area contributed by atoms with Crippen LogP contribution >= 0.6 is 23.2 Å². The standard InChI is InChI=1S/C18H17Cl2NO4/c1-11(25-12(2)22)18(17(23)24,13-7-4-3-5-8-13)21-16-14(19)9-6-10-15(16)20/h3-11,21H,1-2H3,(H,23,24). The smallest absolute Gasteiger partial charge is 0.338 e. The molecule has 0 saturated heterocycles. The zero-order chi connectivity index (χ0) is 18.6. The van der Waals surface area contributed by atoms with Gasteiger partial charge in [-0.25, -0.2) is 4.79 Å². The van der Waals surface area contributed by atoms with Crippen molar-refractivity contribution in [2.45, 2.75) is 25.5 Å². The van der Waals surface area contributed by atoms with Crippen LogP contribution in [0.1, 0.15) is 19.4 Å². The number of carbonyl (C=O) groups excluding carboxylic acids is 1. The second-order valence-electron chi connectivity index (χ2n) is 5.45. The first-order valence-corrected chi connectivity index (χ1v) is 8.23. The monoisotopic (exact) mass is 381 g/mol. The molecule has 2 unspecified atom stereocenters. The summed E-state index contributed by atoms with van der Waals surface area (Å²) in [6, 6.07) is 13.2. The fraction of sp³-hybridized carbons (Fsp3) is 0.222. The number of esters is 1. The SMILES string of the molecule is CC(=O)OC(C)C(Nc1c(Cl)cccc1Cl)(C(=O)O)c1ccccc1. The van der Waals surface area contributed by atoms with E-state index < -0.39 is 23.6 Å². The van der Waals surface area contributed by atoms with Gasteiger partial charge in [-0.2, -0.15) is 0 Å². The summed E-state index contributed by atoms with van der Waals surface area (Å²) >= 11 is 12.4. The van der Waals surface area contributed by atoms with Gasteiger partial charge >= 0.3 is 11.9 Å². The van der Waals surface area contributed by atoms with Gasteiger partial charge in [-0.05, 0) is 24.6 Å². The molecule has 0 aromatic heterocycles. The number of hydrogen-bond acceptors (Lipinski definition) is 4. The Morgan fingerprint density at radius 1 is 1.08 bits per heavy atom. The van der Waals surface area contributed by atoms with Crippen molar-refractivity contribution in [3.63, 3.8) is 0 Å². The first-order chi connectivity index (χ1) is 11.8. The Morgan fingerprint density at radius 2 is 1.64 bits per heavy atom. The Morgan fingerprint density at radius 3 is 2.12 bits per heavy atom. The number of ether oxygens (including phenoxy) is 1. The molecule has 0 aliphatic heterocycles. The van der Waals surface area contributed by atoms with Crippen molar-refractivity contribution >= 4 is 40.8 Å². The molecule has 7 heteroatoms. The number of carboxylic acid groups (broad SMARTS) is 1.